The summed E-state index contributed by atoms with van der Waals surface area (Å²) in [5, 5.41) is 0. The summed E-state index contributed by atoms with van der Waals surface area (Å²) in [5.41, 5.74) is 0. The molecule has 0 aliphatic carbocycles. The lowest BCUT2D eigenvalue weighted by Gasteiger charge is -2.18. The predicted octanol–water partition coefficient (Wildman–Crippen LogP) is 22.6. The van der Waals surface area contributed by atoms with Crippen LogP contribution in [0.25, 0.3) is 0 Å². The van der Waals surface area contributed by atoms with Crippen LogP contribution in [0.3, 0.4) is 0 Å². The van der Waals surface area contributed by atoms with Crippen molar-refractivity contribution in [3.05, 3.63) is 109 Å². The molecule has 0 aromatic rings. The molecule has 0 bridgehead atoms. The molecule has 0 saturated heterocycles. The number of ether oxygens (including phenoxy) is 3. The van der Waals surface area contributed by atoms with Crippen molar-refractivity contribution < 1.29 is 28.6 Å². The second-order valence-corrected chi connectivity index (χ2v) is 21.6. The zero-order valence-electron chi connectivity index (χ0n) is 51.2. The molecule has 0 N–H and O–H groups in total. The van der Waals surface area contributed by atoms with Gasteiger partial charge in [-0.2, -0.15) is 0 Å². The topological polar surface area (TPSA) is 78.9 Å². The van der Waals surface area contributed by atoms with Crippen LogP contribution in [0.5, 0.6) is 0 Å². The molecule has 6 heteroatoms. The van der Waals surface area contributed by atoms with Gasteiger partial charge in [0, 0.05) is 19.3 Å². The molecule has 0 aromatic carbocycles. The van der Waals surface area contributed by atoms with Gasteiger partial charge in [0.2, 0.25) is 0 Å². The minimum atomic E-state index is -0.794. The third-order valence-corrected chi connectivity index (χ3v) is 14.0. The van der Waals surface area contributed by atoms with Crippen LogP contribution in [-0.2, 0) is 28.6 Å². The van der Waals surface area contributed by atoms with E-state index in [0.717, 1.165) is 128 Å². The molecule has 6 nitrogen and oxygen atoms in total. The fourth-order valence-corrected chi connectivity index (χ4v) is 9.05. The van der Waals surface area contributed by atoms with Crippen LogP contribution in [0, 0.1) is 0 Å². The molecule has 0 heterocycles. The molecule has 0 aliphatic rings. The summed E-state index contributed by atoms with van der Waals surface area (Å²) in [7, 11) is 0. The molecule has 0 rings (SSSR count). The second kappa shape index (κ2) is 65.6. The van der Waals surface area contributed by atoms with Crippen molar-refractivity contribution in [3.63, 3.8) is 0 Å². The maximum atomic E-state index is 12.9. The Balaban J connectivity index is 4.37. The summed E-state index contributed by atoms with van der Waals surface area (Å²) in [6.45, 7) is 6.48. The molecular weight excluding hydrogens is 961 g/mol. The van der Waals surface area contributed by atoms with E-state index in [-0.39, 0.29) is 31.1 Å². The van der Waals surface area contributed by atoms with E-state index in [1.165, 1.54) is 141 Å². The SMILES string of the molecule is CC/C=C\C/C=C\C/C=C\C/C=C\CCCCCCCCCCC(=O)OC(COC(=O)CCCCCCC/C=C\C/C=C\CCCC)COC(=O)CCCCCCCCCCCC/C=C\C/C=C\C/C=C\CCCCCCC. The minimum absolute atomic E-state index is 0.0885. The van der Waals surface area contributed by atoms with E-state index in [4.69, 9.17) is 14.2 Å². The molecule has 1 atom stereocenters. The first-order valence-electron chi connectivity index (χ1n) is 32.9. The van der Waals surface area contributed by atoms with Gasteiger partial charge in [0.25, 0.3) is 0 Å². The monoisotopic (exact) mass is 1080 g/mol. The van der Waals surface area contributed by atoms with Gasteiger partial charge in [-0.05, 0) is 122 Å². The van der Waals surface area contributed by atoms with Crippen molar-refractivity contribution in [3.8, 4) is 0 Å². The van der Waals surface area contributed by atoms with Gasteiger partial charge in [-0.15, -0.1) is 0 Å². The highest BCUT2D eigenvalue weighted by molar-refractivity contribution is 5.71. The number of esters is 3. The van der Waals surface area contributed by atoms with Gasteiger partial charge in [0.1, 0.15) is 13.2 Å². The van der Waals surface area contributed by atoms with Crippen molar-refractivity contribution in [1.29, 1.82) is 0 Å². The van der Waals surface area contributed by atoms with Gasteiger partial charge in [0.05, 0.1) is 0 Å². The first-order chi connectivity index (χ1) is 38.5. The summed E-state index contributed by atoms with van der Waals surface area (Å²) < 4.78 is 16.9. The van der Waals surface area contributed by atoms with Crippen molar-refractivity contribution in [2.24, 2.45) is 0 Å². The number of rotatable bonds is 59. The highest BCUT2D eigenvalue weighted by Gasteiger charge is 2.19. The largest absolute Gasteiger partial charge is 0.462 e. The fraction of sp³-hybridized carbons (Fsp3) is 0.708. The number of carbonyl (C=O) groups is 3. The second-order valence-electron chi connectivity index (χ2n) is 21.6. The van der Waals surface area contributed by atoms with Gasteiger partial charge in [-0.3, -0.25) is 14.4 Å². The molecule has 0 aliphatic heterocycles. The van der Waals surface area contributed by atoms with E-state index in [0.29, 0.717) is 19.3 Å². The van der Waals surface area contributed by atoms with Gasteiger partial charge in [-0.25, -0.2) is 0 Å². The number of carbonyl (C=O) groups excluding carboxylic acids is 3. The average Bonchev–Trinajstić information content (AvgIpc) is 3.44. The summed E-state index contributed by atoms with van der Waals surface area (Å²) in [6, 6.07) is 0. The normalized spacial score (nSPS) is 12.8. The Kier molecular flexibility index (Phi) is 62.3. The number of hydrogen-bond donors (Lipinski definition) is 0. The molecule has 0 fully saturated rings. The zero-order chi connectivity index (χ0) is 56.4. The van der Waals surface area contributed by atoms with Crippen LogP contribution in [0.4, 0.5) is 0 Å². The first-order valence-corrected chi connectivity index (χ1v) is 32.9. The van der Waals surface area contributed by atoms with Crippen molar-refractivity contribution >= 4 is 17.9 Å². The zero-order valence-corrected chi connectivity index (χ0v) is 51.2. The lowest BCUT2D eigenvalue weighted by atomic mass is 10.1. The summed E-state index contributed by atoms with van der Waals surface area (Å²) in [4.78, 5) is 38.4. The smallest absolute Gasteiger partial charge is 0.306 e. The van der Waals surface area contributed by atoms with Gasteiger partial charge < -0.3 is 14.2 Å². The number of allylic oxidation sites excluding steroid dienone is 18. The third-order valence-electron chi connectivity index (χ3n) is 14.0. The summed E-state index contributed by atoms with van der Waals surface area (Å²) in [5.74, 6) is -0.907. The third kappa shape index (κ3) is 62.9. The van der Waals surface area contributed by atoms with E-state index in [9.17, 15) is 14.4 Å². The Morgan fingerprint density at radius 2 is 0.513 bits per heavy atom. The molecule has 0 amide bonds. The molecule has 0 aromatic heterocycles. The van der Waals surface area contributed by atoms with Crippen molar-refractivity contribution in [2.45, 2.75) is 316 Å². The van der Waals surface area contributed by atoms with Gasteiger partial charge >= 0.3 is 17.9 Å². The number of hydrogen-bond acceptors (Lipinski definition) is 6. The lowest BCUT2D eigenvalue weighted by molar-refractivity contribution is -0.167. The van der Waals surface area contributed by atoms with Gasteiger partial charge in [0.15, 0.2) is 6.10 Å². The quantitative estimate of drug-likeness (QED) is 0.0261. The van der Waals surface area contributed by atoms with E-state index in [1.54, 1.807) is 0 Å². The van der Waals surface area contributed by atoms with Crippen LogP contribution in [0.15, 0.2) is 109 Å². The van der Waals surface area contributed by atoms with E-state index < -0.39 is 6.10 Å². The average molecular weight is 1080 g/mol. The highest BCUT2D eigenvalue weighted by Crippen LogP contribution is 2.16. The Hall–Kier alpha value is -3.93. The molecule has 0 spiro atoms. The summed E-state index contributed by atoms with van der Waals surface area (Å²) in [6.07, 6.45) is 89.5. The molecule has 446 valence electrons. The molecular formula is C72H122O6. The number of unbranched alkanes of at least 4 members (excludes halogenated alkanes) is 30. The Morgan fingerprint density at radius 3 is 0.821 bits per heavy atom. The van der Waals surface area contributed by atoms with Crippen molar-refractivity contribution in [1.82, 2.24) is 0 Å². The van der Waals surface area contributed by atoms with E-state index in [1.807, 2.05) is 0 Å². The molecule has 0 radical (unpaired) electrons. The highest BCUT2D eigenvalue weighted by atomic mass is 16.6. The maximum Gasteiger partial charge on any atom is 0.306 e. The summed E-state index contributed by atoms with van der Waals surface area (Å²) >= 11 is 0. The van der Waals surface area contributed by atoms with Crippen LogP contribution in [-0.4, -0.2) is 37.2 Å². The van der Waals surface area contributed by atoms with Crippen molar-refractivity contribution in [2.75, 3.05) is 13.2 Å². The molecule has 78 heavy (non-hydrogen) atoms. The fourth-order valence-electron chi connectivity index (χ4n) is 9.05. The lowest BCUT2D eigenvalue weighted by Crippen LogP contribution is -2.30. The van der Waals surface area contributed by atoms with E-state index in [2.05, 4.69) is 130 Å². The van der Waals surface area contributed by atoms with E-state index >= 15 is 0 Å². The first kappa shape index (κ1) is 74.1. The van der Waals surface area contributed by atoms with Crippen LogP contribution in [0.1, 0.15) is 310 Å². The standard InChI is InChI=1S/C72H122O6/c1-4-7-10-13-16-19-22-25-28-30-32-34-35-36-37-39-40-42-44-47-50-53-56-59-62-65-71(74)77-68-69(67-76-70(73)64-61-58-55-52-49-46-27-24-21-18-15-12-9-6-3)78-72(75)66-63-60-57-54-51-48-45-43-41-38-33-31-29-26-23-20-17-14-11-8-5-2/h8,11,15,17-18,20,22,24-27,29-30,32-33,35-36,38,69H,4-7,9-10,12-14,16,19,21,23,28,31,34,37,39-68H2,1-3H3/b11-8-,18-15-,20-17-,25-22-,27-24-,29-26-,32-30-,36-35-,38-33-. The van der Waals surface area contributed by atoms with Crippen LogP contribution < -0.4 is 0 Å². The molecule has 0 saturated carbocycles. The predicted molar refractivity (Wildman–Crippen MR) is 339 cm³/mol. The maximum absolute atomic E-state index is 12.9. The van der Waals surface area contributed by atoms with Crippen LogP contribution in [0.2, 0.25) is 0 Å². The Bertz CT molecular complexity index is 1570. The van der Waals surface area contributed by atoms with Crippen LogP contribution >= 0.6 is 0 Å². The van der Waals surface area contributed by atoms with Gasteiger partial charge in [-0.1, -0.05) is 278 Å². The minimum Gasteiger partial charge on any atom is -0.462 e. The molecule has 1 unspecified atom stereocenters. The Labute approximate surface area is 482 Å². The Morgan fingerprint density at radius 1 is 0.269 bits per heavy atom.